The molecule has 5 nitrogen and oxygen atoms in total. The first-order valence-electron chi connectivity index (χ1n) is 7.20. The topological polar surface area (TPSA) is 57.2 Å². The molecule has 9 heteroatoms. The molecule has 0 spiro atoms. The van der Waals surface area contributed by atoms with Gasteiger partial charge in [0, 0.05) is 0 Å². The van der Waals surface area contributed by atoms with Gasteiger partial charge in [0.2, 0.25) is 8.32 Å². The molecule has 0 aliphatic carbocycles. The van der Waals surface area contributed by atoms with Crippen molar-refractivity contribution in [3.05, 3.63) is 12.7 Å². The highest BCUT2D eigenvalue weighted by atomic mass is 28.5. The Labute approximate surface area is 134 Å². The van der Waals surface area contributed by atoms with Gasteiger partial charge in [-0.2, -0.15) is 0 Å². The van der Waals surface area contributed by atoms with Crippen molar-refractivity contribution in [3.63, 3.8) is 0 Å². The highest BCUT2D eigenvalue weighted by Gasteiger charge is 2.43. The third kappa shape index (κ3) is 11.6. The highest BCUT2D eigenvalue weighted by molar-refractivity contribution is 6.88. The zero-order valence-electron chi connectivity index (χ0n) is 14.8. The lowest BCUT2D eigenvalue weighted by Crippen LogP contribution is -2.57. The molecule has 0 bridgehead atoms. The number of hydrogen-bond acceptors (Lipinski definition) is 5. The molecule has 0 aromatic heterocycles. The van der Waals surface area contributed by atoms with Crippen LogP contribution in [-0.4, -0.2) is 51.6 Å². The van der Waals surface area contributed by atoms with E-state index in [0.29, 0.717) is 12.8 Å². The average molecular weight is 369 g/mol. The lowest BCUT2D eigenvalue weighted by Gasteiger charge is -2.39. The van der Waals surface area contributed by atoms with Crippen molar-refractivity contribution in [1.29, 1.82) is 0 Å². The van der Waals surface area contributed by atoms with Gasteiger partial charge in [0.25, 0.3) is 0 Å². The fourth-order valence-corrected chi connectivity index (χ4v) is 19.1. The summed E-state index contributed by atoms with van der Waals surface area (Å²) in [5.41, 5.74) is 0. The Morgan fingerprint density at radius 3 is 1.76 bits per heavy atom. The molecule has 0 aliphatic rings. The first-order valence-corrected chi connectivity index (χ1v) is 18.8. The van der Waals surface area contributed by atoms with Gasteiger partial charge in [0.15, 0.2) is 0 Å². The van der Waals surface area contributed by atoms with Gasteiger partial charge in [0.1, 0.15) is 0 Å². The van der Waals surface area contributed by atoms with Crippen LogP contribution in [0.15, 0.2) is 12.7 Å². The molecule has 126 valence electrons. The lowest BCUT2D eigenvalue weighted by molar-refractivity contribution is 0.191. The Morgan fingerprint density at radius 1 is 0.857 bits per heavy atom. The molecule has 1 N–H and O–H groups in total. The van der Waals surface area contributed by atoms with E-state index in [0.717, 1.165) is 0 Å². The zero-order valence-corrected chi connectivity index (χ0v) is 18.8. The summed E-state index contributed by atoms with van der Waals surface area (Å²) in [5, 5.41) is 0. The second kappa shape index (κ2) is 7.79. The zero-order chi connectivity index (χ0) is 16.9. The normalized spacial score (nSPS) is 14.3. The molecule has 0 unspecified atom stereocenters. The Morgan fingerprint density at radius 2 is 1.33 bits per heavy atom. The van der Waals surface area contributed by atoms with E-state index in [1.807, 2.05) is 26.2 Å². The SMILES string of the molecule is C=CCOC[Si](C)(C)O[Si](C)(C)O[Si](C)(C)O[Si](C)(C)O. The van der Waals surface area contributed by atoms with E-state index in [1.165, 1.54) is 0 Å². The van der Waals surface area contributed by atoms with Crippen molar-refractivity contribution >= 4 is 34.0 Å². The van der Waals surface area contributed by atoms with Crippen molar-refractivity contribution in [2.45, 2.75) is 52.4 Å². The number of hydrogen-bond donors (Lipinski definition) is 1. The Balaban J connectivity index is 4.63. The summed E-state index contributed by atoms with van der Waals surface area (Å²) >= 11 is 0. The number of rotatable bonds is 10. The smallest absolute Gasteiger partial charge is 0.320 e. The van der Waals surface area contributed by atoms with Crippen LogP contribution in [0.5, 0.6) is 0 Å². The van der Waals surface area contributed by atoms with Crippen molar-refractivity contribution in [1.82, 2.24) is 0 Å². The van der Waals surface area contributed by atoms with Gasteiger partial charge in [-0.25, -0.2) is 0 Å². The van der Waals surface area contributed by atoms with E-state index in [2.05, 4.69) is 19.7 Å². The molecule has 0 amide bonds. The Bertz CT molecular complexity index is 339. The van der Waals surface area contributed by atoms with Gasteiger partial charge in [0.05, 0.1) is 12.8 Å². The maximum Gasteiger partial charge on any atom is 0.320 e. The van der Waals surface area contributed by atoms with Crippen molar-refractivity contribution in [2.24, 2.45) is 0 Å². The first-order chi connectivity index (χ1) is 9.18. The van der Waals surface area contributed by atoms with Crippen LogP contribution in [0.2, 0.25) is 52.4 Å². The predicted molar refractivity (Wildman–Crippen MR) is 96.4 cm³/mol. The predicted octanol–water partition coefficient (Wildman–Crippen LogP) is 3.08. The Kier molecular flexibility index (Phi) is 7.94. The monoisotopic (exact) mass is 368 g/mol. The molecular formula is C12H32O5Si4. The van der Waals surface area contributed by atoms with Gasteiger partial charge in [-0.3, -0.25) is 0 Å². The molecule has 0 fully saturated rings. The van der Waals surface area contributed by atoms with Crippen LogP contribution in [0, 0.1) is 0 Å². The summed E-state index contributed by atoms with van der Waals surface area (Å²) in [5.74, 6) is 0. The van der Waals surface area contributed by atoms with E-state index in [9.17, 15) is 4.80 Å². The van der Waals surface area contributed by atoms with Crippen LogP contribution < -0.4 is 0 Å². The Hall–Kier alpha value is 0.408. The van der Waals surface area contributed by atoms with Crippen LogP contribution in [-0.2, 0) is 17.1 Å². The summed E-state index contributed by atoms with van der Waals surface area (Å²) in [6.07, 6.45) is 2.35. The molecular weight excluding hydrogens is 336 g/mol. The van der Waals surface area contributed by atoms with Crippen LogP contribution in [0.3, 0.4) is 0 Å². The van der Waals surface area contributed by atoms with Gasteiger partial charge in [-0.15, -0.1) is 6.58 Å². The summed E-state index contributed by atoms with van der Waals surface area (Å²) in [7, 11) is -9.28. The summed E-state index contributed by atoms with van der Waals surface area (Å²) < 4.78 is 23.9. The van der Waals surface area contributed by atoms with E-state index in [-0.39, 0.29) is 0 Å². The minimum absolute atomic E-state index is 0.538. The van der Waals surface area contributed by atoms with Crippen LogP contribution >= 0.6 is 0 Å². The largest absolute Gasteiger partial charge is 0.435 e. The standard InChI is InChI=1S/C12H32O5Si4/c1-10-11-14-12-18(2,3)15-20(6,7)17-21(8,9)16-19(4,5)13/h10,13H,1,11-12H2,2-9H3. The maximum absolute atomic E-state index is 9.95. The molecule has 0 heterocycles. The molecule has 0 atom stereocenters. The second-order valence-electron chi connectivity index (χ2n) is 7.12. The molecule has 0 saturated heterocycles. The summed E-state index contributed by atoms with van der Waals surface area (Å²) in [6, 6.07) is 0. The fraction of sp³-hybridized carbons (Fsp3) is 0.833. The third-order valence-corrected chi connectivity index (χ3v) is 15.2. The average Bonchev–Trinajstić information content (AvgIpc) is 2.08. The van der Waals surface area contributed by atoms with E-state index < -0.39 is 34.0 Å². The van der Waals surface area contributed by atoms with Gasteiger partial charge in [-0.1, -0.05) is 6.08 Å². The molecule has 0 rings (SSSR count). The summed E-state index contributed by atoms with van der Waals surface area (Å²) in [6.45, 7) is 19.9. The van der Waals surface area contributed by atoms with Gasteiger partial charge < -0.3 is 21.9 Å². The summed E-state index contributed by atoms with van der Waals surface area (Å²) in [4.78, 5) is 9.95. The lowest BCUT2D eigenvalue weighted by atomic mass is 10.7. The van der Waals surface area contributed by atoms with Crippen LogP contribution in [0.1, 0.15) is 0 Å². The minimum Gasteiger partial charge on any atom is -0.435 e. The van der Waals surface area contributed by atoms with Crippen LogP contribution in [0.4, 0.5) is 0 Å². The third-order valence-electron chi connectivity index (χ3n) is 2.19. The van der Waals surface area contributed by atoms with Gasteiger partial charge >= 0.3 is 25.7 Å². The second-order valence-corrected chi connectivity index (χ2v) is 21.9. The van der Waals surface area contributed by atoms with Crippen molar-refractivity contribution in [3.8, 4) is 0 Å². The quantitative estimate of drug-likeness (QED) is 0.365. The van der Waals surface area contributed by atoms with E-state index in [1.54, 1.807) is 19.2 Å². The van der Waals surface area contributed by atoms with E-state index >= 15 is 0 Å². The fourth-order valence-electron chi connectivity index (χ4n) is 2.32. The van der Waals surface area contributed by atoms with Gasteiger partial charge in [-0.05, 0) is 52.4 Å². The molecule has 21 heavy (non-hydrogen) atoms. The van der Waals surface area contributed by atoms with Crippen molar-refractivity contribution in [2.75, 3.05) is 12.8 Å². The highest BCUT2D eigenvalue weighted by Crippen LogP contribution is 2.23. The van der Waals surface area contributed by atoms with Crippen LogP contribution in [0.25, 0.3) is 0 Å². The molecule has 0 aromatic carbocycles. The van der Waals surface area contributed by atoms with E-state index in [4.69, 9.17) is 17.1 Å². The number of ether oxygens (including phenoxy) is 1. The van der Waals surface area contributed by atoms with Crippen molar-refractivity contribution < 1.29 is 21.9 Å². The maximum atomic E-state index is 9.95. The first kappa shape index (κ1) is 21.4. The molecule has 0 saturated carbocycles. The molecule has 0 aliphatic heterocycles. The molecule has 0 radical (unpaired) electrons. The molecule has 0 aromatic rings. The minimum atomic E-state index is -2.60.